The number of rotatable bonds is 4. The van der Waals surface area contributed by atoms with Gasteiger partial charge in [0.05, 0.1) is 0 Å². The molecule has 3 rings (SSSR count). The third-order valence-electron chi connectivity index (χ3n) is 3.23. The highest BCUT2D eigenvalue weighted by Gasteiger charge is 2.15. The highest BCUT2D eigenvalue weighted by molar-refractivity contribution is 9.10. The Morgan fingerprint density at radius 3 is 2.67 bits per heavy atom. The normalized spacial score (nSPS) is 10.6. The Labute approximate surface area is 145 Å². The zero-order valence-corrected chi connectivity index (χ0v) is 14.3. The molecule has 0 radical (unpaired) electrons. The number of aryl methyl sites for hydroxylation is 1. The summed E-state index contributed by atoms with van der Waals surface area (Å²) in [6, 6.07) is 11.8. The first kappa shape index (κ1) is 16.1. The van der Waals surface area contributed by atoms with Crippen molar-refractivity contribution < 1.29 is 9.32 Å². The molecule has 7 nitrogen and oxygen atoms in total. The fraction of sp³-hybridized carbons (Fsp3) is 0.125. The van der Waals surface area contributed by atoms with Gasteiger partial charge in [0, 0.05) is 16.2 Å². The van der Waals surface area contributed by atoms with Gasteiger partial charge < -0.3 is 9.84 Å². The van der Waals surface area contributed by atoms with Crippen LogP contribution < -0.4 is 10.9 Å². The van der Waals surface area contributed by atoms with Crippen LogP contribution in [0.4, 0.5) is 5.69 Å². The zero-order chi connectivity index (χ0) is 17.1. The van der Waals surface area contributed by atoms with Gasteiger partial charge in [-0.1, -0.05) is 27.2 Å². The maximum Gasteiger partial charge on any atom is 0.274 e. The Kier molecular flexibility index (Phi) is 4.57. The second kappa shape index (κ2) is 6.79. The van der Waals surface area contributed by atoms with Gasteiger partial charge in [-0.25, -0.2) is 0 Å². The van der Waals surface area contributed by atoms with Gasteiger partial charge in [-0.3, -0.25) is 14.2 Å². The number of hydrogen-bond acceptors (Lipinski definition) is 5. The van der Waals surface area contributed by atoms with Crippen LogP contribution in [0.2, 0.25) is 0 Å². The standard InChI is InChI=1S/C16H13BrN4O3/c1-10-18-16(24-20-10)13-3-2-4-15(23)21(13)9-14(22)19-12-7-5-11(17)6-8-12/h2-8H,9H2,1H3,(H,19,22). The van der Waals surface area contributed by atoms with Crippen molar-refractivity contribution in [2.75, 3.05) is 5.32 Å². The van der Waals surface area contributed by atoms with Gasteiger partial charge in [0.25, 0.3) is 11.4 Å². The lowest BCUT2D eigenvalue weighted by Gasteiger charge is -2.10. The Morgan fingerprint density at radius 2 is 2.00 bits per heavy atom. The number of carbonyl (C=O) groups excluding carboxylic acids is 1. The molecule has 8 heteroatoms. The molecule has 0 bridgehead atoms. The predicted octanol–water partition coefficient (Wildman–Crippen LogP) is 2.61. The van der Waals surface area contributed by atoms with Gasteiger partial charge in [-0.05, 0) is 37.3 Å². The number of hydrogen-bond donors (Lipinski definition) is 1. The molecule has 0 aliphatic rings. The van der Waals surface area contributed by atoms with Crippen LogP contribution in [0.5, 0.6) is 0 Å². The van der Waals surface area contributed by atoms with Crippen molar-refractivity contribution in [1.82, 2.24) is 14.7 Å². The molecule has 0 fully saturated rings. The van der Waals surface area contributed by atoms with E-state index in [4.69, 9.17) is 4.52 Å². The number of amides is 1. The number of anilines is 1. The molecule has 1 amide bonds. The number of carbonyl (C=O) groups is 1. The van der Waals surface area contributed by atoms with Crippen molar-refractivity contribution in [2.24, 2.45) is 0 Å². The number of nitrogens with one attached hydrogen (secondary N) is 1. The van der Waals surface area contributed by atoms with Gasteiger partial charge in [0.15, 0.2) is 5.82 Å². The number of aromatic nitrogens is 3. The maximum absolute atomic E-state index is 12.3. The van der Waals surface area contributed by atoms with Crippen molar-refractivity contribution in [3.8, 4) is 11.6 Å². The van der Waals surface area contributed by atoms with E-state index in [0.717, 1.165) is 4.47 Å². The van der Waals surface area contributed by atoms with Crippen molar-refractivity contribution in [3.05, 3.63) is 63.1 Å². The molecule has 1 N–H and O–H groups in total. The lowest BCUT2D eigenvalue weighted by molar-refractivity contribution is -0.116. The smallest absolute Gasteiger partial charge is 0.274 e. The average Bonchev–Trinajstić information content (AvgIpc) is 2.98. The van der Waals surface area contributed by atoms with Crippen LogP contribution >= 0.6 is 15.9 Å². The van der Waals surface area contributed by atoms with Gasteiger partial charge >= 0.3 is 0 Å². The third-order valence-corrected chi connectivity index (χ3v) is 3.75. The summed E-state index contributed by atoms with van der Waals surface area (Å²) in [7, 11) is 0. The first-order valence-electron chi connectivity index (χ1n) is 7.09. The lowest BCUT2D eigenvalue weighted by atomic mass is 10.3. The first-order chi connectivity index (χ1) is 11.5. The van der Waals surface area contributed by atoms with Crippen molar-refractivity contribution >= 4 is 27.5 Å². The molecular weight excluding hydrogens is 376 g/mol. The van der Waals surface area contributed by atoms with Crippen LogP contribution in [-0.2, 0) is 11.3 Å². The largest absolute Gasteiger partial charge is 0.332 e. The summed E-state index contributed by atoms with van der Waals surface area (Å²) in [6.45, 7) is 1.52. The van der Waals surface area contributed by atoms with Crippen LogP contribution in [0.3, 0.4) is 0 Å². The maximum atomic E-state index is 12.3. The molecule has 24 heavy (non-hydrogen) atoms. The van der Waals surface area contributed by atoms with Crippen LogP contribution in [0.1, 0.15) is 5.82 Å². The van der Waals surface area contributed by atoms with E-state index in [1.165, 1.54) is 10.6 Å². The van der Waals surface area contributed by atoms with Crippen LogP contribution in [0.15, 0.2) is 56.3 Å². The Balaban J connectivity index is 1.85. The second-order valence-electron chi connectivity index (χ2n) is 5.04. The highest BCUT2D eigenvalue weighted by atomic mass is 79.9. The summed E-state index contributed by atoms with van der Waals surface area (Å²) in [6.07, 6.45) is 0. The minimum absolute atomic E-state index is 0.160. The van der Waals surface area contributed by atoms with Crippen molar-refractivity contribution in [3.63, 3.8) is 0 Å². The molecule has 0 atom stereocenters. The number of nitrogens with zero attached hydrogens (tertiary/aromatic N) is 3. The molecule has 0 saturated carbocycles. The minimum atomic E-state index is -0.330. The fourth-order valence-corrected chi connectivity index (χ4v) is 2.41. The Hall–Kier alpha value is -2.74. The summed E-state index contributed by atoms with van der Waals surface area (Å²) in [4.78, 5) is 28.5. The van der Waals surface area contributed by atoms with E-state index >= 15 is 0 Å². The molecule has 122 valence electrons. The number of pyridine rings is 1. The fourth-order valence-electron chi connectivity index (χ4n) is 2.15. The summed E-state index contributed by atoms with van der Waals surface area (Å²) < 4.78 is 7.31. The molecule has 2 heterocycles. The quantitative estimate of drug-likeness (QED) is 0.741. The Bertz CT molecular complexity index is 931. The van der Waals surface area contributed by atoms with E-state index < -0.39 is 0 Å². The van der Waals surface area contributed by atoms with Gasteiger partial charge in [-0.2, -0.15) is 4.98 Å². The van der Waals surface area contributed by atoms with Crippen LogP contribution in [0, 0.1) is 6.92 Å². The van der Waals surface area contributed by atoms with E-state index in [0.29, 0.717) is 17.2 Å². The highest BCUT2D eigenvalue weighted by Crippen LogP contribution is 2.16. The van der Waals surface area contributed by atoms with Gasteiger partial charge in [0.1, 0.15) is 12.2 Å². The summed E-state index contributed by atoms with van der Waals surface area (Å²) in [5.74, 6) is 0.317. The molecule has 0 aliphatic heterocycles. The SMILES string of the molecule is Cc1noc(-c2cccc(=O)n2CC(=O)Nc2ccc(Br)cc2)n1. The van der Waals surface area contributed by atoms with Crippen molar-refractivity contribution in [2.45, 2.75) is 13.5 Å². The first-order valence-corrected chi connectivity index (χ1v) is 7.88. The van der Waals surface area contributed by atoms with E-state index in [9.17, 15) is 9.59 Å². The molecule has 0 saturated heterocycles. The molecule has 0 spiro atoms. The summed E-state index contributed by atoms with van der Waals surface area (Å²) >= 11 is 3.33. The van der Waals surface area contributed by atoms with E-state index in [2.05, 4.69) is 31.4 Å². The Morgan fingerprint density at radius 1 is 1.25 bits per heavy atom. The molecule has 1 aromatic carbocycles. The lowest BCUT2D eigenvalue weighted by Crippen LogP contribution is -2.28. The van der Waals surface area contributed by atoms with E-state index in [1.54, 1.807) is 31.2 Å². The van der Waals surface area contributed by atoms with Crippen LogP contribution in [0.25, 0.3) is 11.6 Å². The third kappa shape index (κ3) is 3.60. The number of benzene rings is 1. The predicted molar refractivity (Wildman–Crippen MR) is 91.5 cm³/mol. The average molecular weight is 389 g/mol. The molecule has 0 unspecified atom stereocenters. The molecule has 2 aromatic heterocycles. The molecule has 3 aromatic rings. The topological polar surface area (TPSA) is 90.0 Å². The second-order valence-corrected chi connectivity index (χ2v) is 5.95. The minimum Gasteiger partial charge on any atom is -0.332 e. The summed E-state index contributed by atoms with van der Waals surface area (Å²) in [5, 5.41) is 6.46. The monoisotopic (exact) mass is 388 g/mol. The van der Waals surface area contributed by atoms with E-state index in [1.807, 2.05) is 12.1 Å². The van der Waals surface area contributed by atoms with Crippen molar-refractivity contribution in [1.29, 1.82) is 0 Å². The summed E-state index contributed by atoms with van der Waals surface area (Å²) in [5.41, 5.74) is 0.714. The molecule has 0 aliphatic carbocycles. The molecular formula is C16H13BrN4O3. The number of halogens is 1. The van der Waals surface area contributed by atoms with Gasteiger partial charge in [0.2, 0.25) is 5.91 Å². The van der Waals surface area contributed by atoms with Gasteiger partial charge in [-0.15, -0.1) is 0 Å². The van der Waals surface area contributed by atoms with E-state index in [-0.39, 0.29) is 23.9 Å². The zero-order valence-electron chi connectivity index (χ0n) is 12.7. The van der Waals surface area contributed by atoms with Crippen LogP contribution in [-0.4, -0.2) is 20.6 Å².